The zero-order valence-electron chi connectivity index (χ0n) is 12.4. The lowest BCUT2D eigenvalue weighted by molar-refractivity contribution is -0.119. The predicted octanol–water partition coefficient (Wildman–Crippen LogP) is 2.58. The molecule has 2 amide bonds. The molecule has 0 atom stereocenters. The van der Waals surface area contributed by atoms with Crippen LogP contribution in [0.1, 0.15) is 23.0 Å². The molecule has 0 spiro atoms. The number of amides is 2. The standard InChI is InChI=1S/C16H14N4O2S/c1-10(21)18-8-13-6-11(4-5-17-13)16(22)20-12-2-3-14-15(7-12)23-9-19-14/h2-7,9H,8H2,1H3,(H,18,21)(H,20,22). The van der Waals surface area contributed by atoms with Crippen molar-refractivity contribution in [3.63, 3.8) is 0 Å². The maximum Gasteiger partial charge on any atom is 0.255 e. The van der Waals surface area contributed by atoms with E-state index in [1.165, 1.54) is 18.3 Å². The van der Waals surface area contributed by atoms with E-state index in [0.29, 0.717) is 23.5 Å². The molecule has 1 aromatic carbocycles. The number of hydrogen-bond donors (Lipinski definition) is 2. The third kappa shape index (κ3) is 3.70. The molecule has 0 aliphatic heterocycles. The summed E-state index contributed by atoms with van der Waals surface area (Å²) < 4.78 is 1.02. The molecular weight excluding hydrogens is 312 g/mol. The minimum atomic E-state index is -0.222. The monoisotopic (exact) mass is 326 g/mol. The van der Waals surface area contributed by atoms with Crippen molar-refractivity contribution < 1.29 is 9.59 Å². The molecule has 0 saturated heterocycles. The highest BCUT2D eigenvalue weighted by molar-refractivity contribution is 7.16. The summed E-state index contributed by atoms with van der Waals surface area (Å²) in [4.78, 5) is 31.6. The summed E-state index contributed by atoms with van der Waals surface area (Å²) in [6.45, 7) is 1.73. The van der Waals surface area contributed by atoms with Gasteiger partial charge in [-0.05, 0) is 30.3 Å². The van der Waals surface area contributed by atoms with Crippen molar-refractivity contribution in [1.82, 2.24) is 15.3 Å². The lowest BCUT2D eigenvalue weighted by Gasteiger charge is -2.07. The highest BCUT2D eigenvalue weighted by atomic mass is 32.1. The van der Waals surface area contributed by atoms with Gasteiger partial charge in [0.25, 0.3) is 5.91 Å². The molecule has 0 unspecified atom stereocenters. The van der Waals surface area contributed by atoms with Gasteiger partial charge in [-0.1, -0.05) is 0 Å². The zero-order valence-corrected chi connectivity index (χ0v) is 13.2. The van der Waals surface area contributed by atoms with Crippen LogP contribution in [0.4, 0.5) is 5.69 Å². The number of rotatable bonds is 4. The Morgan fingerprint density at radius 2 is 2.04 bits per heavy atom. The van der Waals surface area contributed by atoms with Gasteiger partial charge in [0.2, 0.25) is 5.91 Å². The van der Waals surface area contributed by atoms with E-state index >= 15 is 0 Å². The van der Waals surface area contributed by atoms with Gasteiger partial charge in [0, 0.05) is 24.4 Å². The smallest absolute Gasteiger partial charge is 0.255 e. The first kappa shape index (κ1) is 15.1. The van der Waals surface area contributed by atoms with Crippen molar-refractivity contribution >= 4 is 39.1 Å². The van der Waals surface area contributed by atoms with Crippen LogP contribution in [0.3, 0.4) is 0 Å². The molecule has 6 nitrogen and oxygen atoms in total. The summed E-state index contributed by atoms with van der Waals surface area (Å²) in [6.07, 6.45) is 1.55. The molecule has 0 aliphatic rings. The number of nitrogens with zero attached hydrogens (tertiary/aromatic N) is 2. The Morgan fingerprint density at radius 1 is 1.17 bits per heavy atom. The Bertz CT molecular complexity index is 875. The zero-order chi connectivity index (χ0) is 16.2. The van der Waals surface area contributed by atoms with E-state index in [2.05, 4.69) is 20.6 Å². The summed E-state index contributed by atoms with van der Waals surface area (Å²) in [7, 11) is 0. The molecule has 0 fully saturated rings. The Balaban J connectivity index is 1.74. The molecule has 3 aromatic rings. The SMILES string of the molecule is CC(=O)NCc1cc(C(=O)Nc2ccc3ncsc3c2)ccn1. The topological polar surface area (TPSA) is 84.0 Å². The van der Waals surface area contributed by atoms with Gasteiger partial charge in [0.05, 0.1) is 28.0 Å². The first-order valence-electron chi connectivity index (χ1n) is 6.96. The van der Waals surface area contributed by atoms with Crippen LogP contribution in [-0.2, 0) is 11.3 Å². The Hall–Kier alpha value is -2.80. The van der Waals surface area contributed by atoms with E-state index in [1.54, 1.807) is 23.8 Å². The molecule has 0 saturated carbocycles. The van der Waals surface area contributed by atoms with Crippen molar-refractivity contribution in [2.24, 2.45) is 0 Å². The third-order valence-corrected chi connectivity index (χ3v) is 3.98. The van der Waals surface area contributed by atoms with E-state index in [0.717, 1.165) is 10.2 Å². The van der Waals surface area contributed by atoms with Gasteiger partial charge >= 0.3 is 0 Å². The van der Waals surface area contributed by atoms with E-state index in [-0.39, 0.29) is 11.8 Å². The van der Waals surface area contributed by atoms with E-state index in [9.17, 15) is 9.59 Å². The van der Waals surface area contributed by atoms with Gasteiger partial charge < -0.3 is 10.6 Å². The van der Waals surface area contributed by atoms with Crippen LogP contribution >= 0.6 is 11.3 Å². The number of carbonyl (C=O) groups is 2. The van der Waals surface area contributed by atoms with Crippen LogP contribution in [0.25, 0.3) is 10.2 Å². The minimum Gasteiger partial charge on any atom is -0.351 e. The molecule has 0 bridgehead atoms. The summed E-state index contributed by atoms with van der Waals surface area (Å²) in [5.74, 6) is -0.361. The first-order valence-corrected chi connectivity index (χ1v) is 7.84. The number of benzene rings is 1. The number of nitrogens with one attached hydrogen (secondary N) is 2. The van der Waals surface area contributed by atoms with Crippen LogP contribution < -0.4 is 10.6 Å². The average Bonchev–Trinajstić information content (AvgIpc) is 3.01. The van der Waals surface area contributed by atoms with Gasteiger partial charge in [-0.2, -0.15) is 0 Å². The van der Waals surface area contributed by atoms with Crippen LogP contribution in [-0.4, -0.2) is 21.8 Å². The van der Waals surface area contributed by atoms with E-state index in [1.807, 2.05) is 18.2 Å². The number of aromatic nitrogens is 2. The maximum absolute atomic E-state index is 12.3. The molecule has 2 aromatic heterocycles. The lowest BCUT2D eigenvalue weighted by Crippen LogP contribution is -2.20. The number of thiazole rings is 1. The Kier molecular flexibility index (Phi) is 4.29. The first-order chi connectivity index (χ1) is 11.1. The van der Waals surface area contributed by atoms with Crippen molar-refractivity contribution in [2.45, 2.75) is 13.5 Å². The van der Waals surface area contributed by atoms with Crippen LogP contribution in [0.5, 0.6) is 0 Å². The number of pyridine rings is 1. The normalized spacial score (nSPS) is 10.5. The third-order valence-electron chi connectivity index (χ3n) is 3.19. The Labute approximate surface area is 136 Å². The van der Waals surface area contributed by atoms with Gasteiger partial charge in [0.15, 0.2) is 0 Å². The van der Waals surface area contributed by atoms with Crippen LogP contribution in [0.15, 0.2) is 42.0 Å². The summed E-state index contributed by atoms with van der Waals surface area (Å²) >= 11 is 1.52. The summed E-state index contributed by atoms with van der Waals surface area (Å²) in [5.41, 5.74) is 4.52. The number of anilines is 1. The van der Waals surface area contributed by atoms with Gasteiger partial charge in [-0.3, -0.25) is 14.6 Å². The molecule has 0 aliphatic carbocycles. The maximum atomic E-state index is 12.3. The molecule has 2 heterocycles. The van der Waals surface area contributed by atoms with Crippen molar-refractivity contribution in [3.05, 3.63) is 53.3 Å². The number of carbonyl (C=O) groups excluding carboxylic acids is 2. The number of hydrogen-bond acceptors (Lipinski definition) is 5. The highest BCUT2D eigenvalue weighted by Gasteiger charge is 2.08. The van der Waals surface area contributed by atoms with Crippen molar-refractivity contribution in [3.8, 4) is 0 Å². The molecule has 23 heavy (non-hydrogen) atoms. The quantitative estimate of drug-likeness (QED) is 0.772. The fraction of sp³-hybridized carbons (Fsp3) is 0.125. The highest BCUT2D eigenvalue weighted by Crippen LogP contribution is 2.22. The van der Waals surface area contributed by atoms with Crippen molar-refractivity contribution in [1.29, 1.82) is 0 Å². The van der Waals surface area contributed by atoms with Crippen molar-refractivity contribution in [2.75, 3.05) is 5.32 Å². The van der Waals surface area contributed by atoms with Gasteiger partial charge in [-0.15, -0.1) is 11.3 Å². The van der Waals surface area contributed by atoms with E-state index < -0.39 is 0 Å². The second-order valence-corrected chi connectivity index (χ2v) is 5.82. The van der Waals surface area contributed by atoms with Gasteiger partial charge in [-0.25, -0.2) is 4.98 Å². The number of fused-ring (bicyclic) bond motifs is 1. The fourth-order valence-corrected chi connectivity index (χ4v) is 2.78. The molecule has 3 rings (SSSR count). The largest absolute Gasteiger partial charge is 0.351 e. The second-order valence-electron chi connectivity index (χ2n) is 4.93. The second kappa shape index (κ2) is 6.53. The minimum absolute atomic E-state index is 0.139. The molecule has 0 radical (unpaired) electrons. The van der Waals surface area contributed by atoms with E-state index in [4.69, 9.17) is 0 Å². The lowest BCUT2D eigenvalue weighted by atomic mass is 10.2. The summed E-state index contributed by atoms with van der Waals surface area (Å²) in [6, 6.07) is 8.88. The van der Waals surface area contributed by atoms with Crippen LogP contribution in [0, 0.1) is 0 Å². The molecular formula is C16H14N4O2S. The van der Waals surface area contributed by atoms with Crippen LogP contribution in [0.2, 0.25) is 0 Å². The fourth-order valence-electron chi connectivity index (χ4n) is 2.07. The Morgan fingerprint density at radius 3 is 2.87 bits per heavy atom. The average molecular weight is 326 g/mol. The van der Waals surface area contributed by atoms with Gasteiger partial charge in [0.1, 0.15) is 0 Å². The molecule has 2 N–H and O–H groups in total. The summed E-state index contributed by atoms with van der Waals surface area (Å²) in [5, 5.41) is 5.51. The molecule has 7 heteroatoms. The molecule has 116 valence electrons. The predicted molar refractivity (Wildman–Crippen MR) is 89.3 cm³/mol.